The van der Waals surface area contributed by atoms with Gasteiger partial charge in [-0.2, -0.15) is 0 Å². The molecule has 3 atom stereocenters. The van der Waals surface area contributed by atoms with Crippen LogP contribution in [-0.2, 0) is 6.54 Å². The number of amides is 1. The van der Waals surface area contributed by atoms with Gasteiger partial charge in [0, 0.05) is 23.2 Å². The number of rotatable bonds is 4. The Labute approximate surface area is 125 Å². The van der Waals surface area contributed by atoms with Crippen molar-refractivity contribution in [3.8, 4) is 0 Å². The number of nitrogens with two attached hydrogens (primary N) is 1. The molecule has 1 aromatic rings. The van der Waals surface area contributed by atoms with E-state index >= 15 is 0 Å². The summed E-state index contributed by atoms with van der Waals surface area (Å²) in [6.45, 7) is 5.38. The first-order valence-corrected chi connectivity index (χ1v) is 7.68. The second-order valence-corrected chi connectivity index (χ2v) is 6.33. The molecular formula is C16H23ClN2O. The third-order valence-corrected chi connectivity index (χ3v) is 4.95. The van der Waals surface area contributed by atoms with Crippen molar-refractivity contribution in [2.24, 2.45) is 17.6 Å². The molecule has 4 heteroatoms. The number of primary amides is 1. The van der Waals surface area contributed by atoms with Crippen LogP contribution in [0.15, 0.2) is 18.2 Å². The van der Waals surface area contributed by atoms with E-state index in [0.717, 1.165) is 18.0 Å². The van der Waals surface area contributed by atoms with Crippen molar-refractivity contribution in [2.75, 3.05) is 0 Å². The van der Waals surface area contributed by atoms with E-state index in [1.807, 2.05) is 6.07 Å². The average Bonchev–Trinajstić information content (AvgIpc) is 2.41. The van der Waals surface area contributed by atoms with E-state index in [4.69, 9.17) is 17.3 Å². The molecule has 0 spiro atoms. The van der Waals surface area contributed by atoms with Crippen molar-refractivity contribution in [3.63, 3.8) is 0 Å². The van der Waals surface area contributed by atoms with Gasteiger partial charge in [0.2, 0.25) is 5.91 Å². The van der Waals surface area contributed by atoms with Crippen molar-refractivity contribution in [2.45, 2.75) is 45.7 Å². The molecule has 0 radical (unpaired) electrons. The van der Waals surface area contributed by atoms with Crippen LogP contribution in [0.25, 0.3) is 0 Å². The fraction of sp³-hybridized carbons (Fsp3) is 0.562. The minimum atomic E-state index is -0.443. The fourth-order valence-corrected chi connectivity index (χ4v) is 3.20. The van der Waals surface area contributed by atoms with Crippen LogP contribution >= 0.6 is 11.6 Å². The first-order chi connectivity index (χ1) is 9.49. The molecule has 3 unspecified atom stereocenters. The molecule has 3 nitrogen and oxygen atoms in total. The van der Waals surface area contributed by atoms with Crippen LogP contribution in [0.1, 0.15) is 49.0 Å². The molecule has 0 heterocycles. The summed E-state index contributed by atoms with van der Waals surface area (Å²) in [5.41, 5.74) is 6.72. The topological polar surface area (TPSA) is 55.1 Å². The quantitative estimate of drug-likeness (QED) is 0.895. The fourth-order valence-electron chi connectivity index (χ4n) is 2.96. The van der Waals surface area contributed by atoms with Gasteiger partial charge in [-0.25, -0.2) is 0 Å². The van der Waals surface area contributed by atoms with Crippen molar-refractivity contribution in [1.29, 1.82) is 0 Å². The molecule has 1 aliphatic rings. The Bertz CT molecular complexity index is 489. The lowest BCUT2D eigenvalue weighted by molar-refractivity contribution is 0.100. The minimum Gasteiger partial charge on any atom is -0.366 e. The van der Waals surface area contributed by atoms with Gasteiger partial charge in [0.25, 0.3) is 0 Å². The molecule has 1 aromatic carbocycles. The van der Waals surface area contributed by atoms with Crippen LogP contribution in [0.3, 0.4) is 0 Å². The van der Waals surface area contributed by atoms with E-state index in [1.54, 1.807) is 12.1 Å². The van der Waals surface area contributed by atoms with E-state index < -0.39 is 5.91 Å². The molecular weight excluding hydrogens is 272 g/mol. The van der Waals surface area contributed by atoms with Gasteiger partial charge >= 0.3 is 0 Å². The highest BCUT2D eigenvalue weighted by atomic mass is 35.5. The molecule has 3 N–H and O–H groups in total. The summed E-state index contributed by atoms with van der Waals surface area (Å²) in [7, 11) is 0. The third kappa shape index (κ3) is 3.53. The molecule has 1 saturated carbocycles. The van der Waals surface area contributed by atoms with Crippen molar-refractivity contribution in [3.05, 3.63) is 34.3 Å². The van der Waals surface area contributed by atoms with Crippen molar-refractivity contribution < 1.29 is 4.79 Å². The van der Waals surface area contributed by atoms with Gasteiger partial charge in [0.05, 0.1) is 0 Å². The Morgan fingerprint density at radius 2 is 2.15 bits per heavy atom. The molecule has 0 bridgehead atoms. The zero-order valence-electron chi connectivity index (χ0n) is 12.2. The first kappa shape index (κ1) is 15.3. The lowest BCUT2D eigenvalue weighted by Crippen LogP contribution is -2.40. The van der Waals surface area contributed by atoms with Crippen LogP contribution in [0, 0.1) is 11.8 Å². The molecule has 0 saturated heterocycles. The number of hydrogen-bond donors (Lipinski definition) is 2. The largest absolute Gasteiger partial charge is 0.366 e. The second kappa shape index (κ2) is 6.59. The second-order valence-electron chi connectivity index (χ2n) is 5.93. The van der Waals surface area contributed by atoms with Crippen LogP contribution in [0.5, 0.6) is 0 Å². The van der Waals surface area contributed by atoms with Gasteiger partial charge in [0.1, 0.15) is 0 Å². The monoisotopic (exact) mass is 294 g/mol. The minimum absolute atomic E-state index is 0.443. The number of nitrogens with one attached hydrogen (secondary N) is 1. The first-order valence-electron chi connectivity index (χ1n) is 7.30. The highest BCUT2D eigenvalue weighted by Crippen LogP contribution is 2.30. The lowest BCUT2D eigenvalue weighted by atomic mass is 9.78. The Morgan fingerprint density at radius 3 is 2.80 bits per heavy atom. The van der Waals surface area contributed by atoms with Crippen LogP contribution in [0.2, 0.25) is 5.02 Å². The van der Waals surface area contributed by atoms with Gasteiger partial charge in [-0.15, -0.1) is 0 Å². The summed E-state index contributed by atoms with van der Waals surface area (Å²) < 4.78 is 0. The molecule has 0 aliphatic heterocycles. The maximum absolute atomic E-state index is 11.1. The van der Waals surface area contributed by atoms with Crippen LogP contribution < -0.4 is 11.1 Å². The maximum Gasteiger partial charge on any atom is 0.248 e. The summed E-state index contributed by atoms with van der Waals surface area (Å²) >= 11 is 6.21. The van der Waals surface area contributed by atoms with Crippen molar-refractivity contribution >= 4 is 17.5 Å². The van der Waals surface area contributed by atoms with E-state index in [2.05, 4.69) is 19.2 Å². The smallest absolute Gasteiger partial charge is 0.248 e. The Balaban J connectivity index is 1.98. The Hall–Kier alpha value is -1.06. The summed E-state index contributed by atoms with van der Waals surface area (Å²) in [4.78, 5) is 11.1. The standard InChI is InChI=1S/C16H23ClN2O/c1-10-4-3-5-15(11(10)2)19-9-13-7-6-12(16(18)20)8-14(13)17/h6-8,10-11,15,19H,3-5,9H2,1-2H3,(H2,18,20). The molecule has 110 valence electrons. The zero-order chi connectivity index (χ0) is 14.7. The van der Waals surface area contributed by atoms with Crippen molar-refractivity contribution in [1.82, 2.24) is 5.32 Å². The summed E-state index contributed by atoms with van der Waals surface area (Å²) in [6.07, 6.45) is 3.84. The number of hydrogen-bond acceptors (Lipinski definition) is 2. The van der Waals surface area contributed by atoms with E-state index in [1.165, 1.54) is 19.3 Å². The molecule has 1 fully saturated rings. The van der Waals surface area contributed by atoms with E-state index in [-0.39, 0.29) is 0 Å². The number of carbonyl (C=O) groups is 1. The molecule has 2 rings (SSSR count). The van der Waals surface area contributed by atoms with Gasteiger partial charge in [-0.05, 0) is 36.0 Å². The lowest BCUT2D eigenvalue weighted by Gasteiger charge is -2.34. The molecule has 0 aromatic heterocycles. The molecule has 20 heavy (non-hydrogen) atoms. The highest BCUT2D eigenvalue weighted by Gasteiger charge is 2.26. The van der Waals surface area contributed by atoms with Gasteiger partial charge in [-0.3, -0.25) is 4.79 Å². The normalized spacial score (nSPS) is 26.4. The number of benzene rings is 1. The molecule has 1 aliphatic carbocycles. The van der Waals surface area contributed by atoms with E-state index in [9.17, 15) is 4.79 Å². The maximum atomic E-state index is 11.1. The predicted molar refractivity (Wildman–Crippen MR) is 82.8 cm³/mol. The highest BCUT2D eigenvalue weighted by molar-refractivity contribution is 6.31. The summed E-state index contributed by atoms with van der Waals surface area (Å²) in [6, 6.07) is 5.81. The number of carbonyl (C=O) groups excluding carboxylic acids is 1. The SMILES string of the molecule is CC1CCCC(NCc2ccc(C(N)=O)cc2Cl)C1C. The molecule has 1 amide bonds. The average molecular weight is 295 g/mol. The zero-order valence-corrected chi connectivity index (χ0v) is 12.9. The van der Waals surface area contributed by atoms with Gasteiger partial charge < -0.3 is 11.1 Å². The Morgan fingerprint density at radius 1 is 1.40 bits per heavy atom. The third-order valence-electron chi connectivity index (χ3n) is 4.60. The van der Waals surface area contributed by atoms with Gasteiger partial charge in [-0.1, -0.05) is 44.4 Å². The van der Waals surface area contributed by atoms with Crippen LogP contribution in [0.4, 0.5) is 0 Å². The summed E-state index contributed by atoms with van der Waals surface area (Å²) in [5, 5.41) is 4.21. The van der Waals surface area contributed by atoms with E-state index in [0.29, 0.717) is 22.5 Å². The predicted octanol–water partition coefficient (Wildman–Crippen LogP) is 3.35. The van der Waals surface area contributed by atoms with Crippen LogP contribution in [-0.4, -0.2) is 11.9 Å². The number of halogens is 1. The Kier molecular flexibility index (Phi) is 5.06. The van der Waals surface area contributed by atoms with Gasteiger partial charge in [0.15, 0.2) is 0 Å². The summed E-state index contributed by atoms with van der Waals surface area (Å²) in [5.74, 6) is 1.02.